The molecule has 1 unspecified atom stereocenters. The van der Waals surface area contributed by atoms with E-state index in [-0.39, 0.29) is 21.8 Å². The Balaban J connectivity index is 2.60. The minimum atomic E-state index is -4.81. The molecule has 0 aliphatic carbocycles. The molecule has 0 amide bonds. The summed E-state index contributed by atoms with van der Waals surface area (Å²) in [5.74, 6) is -1.27. The van der Waals surface area contributed by atoms with Crippen molar-refractivity contribution in [2.24, 2.45) is 0 Å². The van der Waals surface area contributed by atoms with Gasteiger partial charge in [-0.25, -0.2) is 4.79 Å². The summed E-state index contributed by atoms with van der Waals surface area (Å²) in [5, 5.41) is 18.7. The van der Waals surface area contributed by atoms with E-state index < -0.39 is 24.8 Å². The zero-order valence-corrected chi connectivity index (χ0v) is 12.7. The molecule has 4 nitrogen and oxygen atoms in total. The fourth-order valence-corrected chi connectivity index (χ4v) is 2.54. The highest BCUT2D eigenvalue weighted by Gasteiger charge is 2.39. The highest BCUT2D eigenvalue weighted by molar-refractivity contribution is 6.33. The van der Waals surface area contributed by atoms with Gasteiger partial charge in [-0.05, 0) is 18.6 Å². The number of hydrogen-bond acceptors (Lipinski definition) is 2. The fraction of sp³-hybridized carbons (Fsp3) is 0.267. The molecule has 2 N–H and O–H groups in total. The normalized spacial score (nSPS) is 13.1. The van der Waals surface area contributed by atoms with E-state index in [1.807, 2.05) is 0 Å². The standard InChI is InChI=1S/C15H13ClF3NO3/c1-8-10(14(22)23)6-20(7-12(21)15(17,18)19)13(8)9-4-2-3-5-11(9)16/h2-6,12,21H,7H2,1H3,(H,22,23). The summed E-state index contributed by atoms with van der Waals surface area (Å²) >= 11 is 6.07. The molecule has 1 aromatic heterocycles. The van der Waals surface area contributed by atoms with Crippen molar-refractivity contribution in [3.05, 3.63) is 46.6 Å². The first-order chi connectivity index (χ1) is 10.6. The Morgan fingerprint density at radius 3 is 2.48 bits per heavy atom. The molecule has 1 heterocycles. The van der Waals surface area contributed by atoms with E-state index in [0.717, 1.165) is 10.8 Å². The molecule has 0 saturated heterocycles. The second kappa shape index (κ2) is 6.25. The first kappa shape index (κ1) is 17.4. The Hall–Kier alpha value is -1.99. The smallest absolute Gasteiger partial charge is 0.416 e. The largest absolute Gasteiger partial charge is 0.478 e. The molecule has 1 atom stereocenters. The van der Waals surface area contributed by atoms with Crippen molar-refractivity contribution in [1.82, 2.24) is 4.57 Å². The predicted molar refractivity (Wildman–Crippen MR) is 78.6 cm³/mol. The van der Waals surface area contributed by atoms with Crippen LogP contribution in [0.25, 0.3) is 11.3 Å². The Labute approximate surface area is 134 Å². The van der Waals surface area contributed by atoms with Gasteiger partial charge in [-0.2, -0.15) is 13.2 Å². The molecule has 2 aromatic rings. The minimum Gasteiger partial charge on any atom is -0.478 e. The van der Waals surface area contributed by atoms with Crippen molar-refractivity contribution < 1.29 is 28.2 Å². The monoisotopic (exact) mass is 347 g/mol. The van der Waals surface area contributed by atoms with Crippen molar-refractivity contribution in [3.63, 3.8) is 0 Å². The van der Waals surface area contributed by atoms with E-state index in [1.54, 1.807) is 24.3 Å². The van der Waals surface area contributed by atoms with Gasteiger partial charge in [0.05, 0.1) is 17.8 Å². The van der Waals surface area contributed by atoms with Crippen LogP contribution in [0.1, 0.15) is 15.9 Å². The molecule has 8 heteroatoms. The average molecular weight is 348 g/mol. The average Bonchev–Trinajstić information content (AvgIpc) is 2.75. The number of aromatic nitrogens is 1. The van der Waals surface area contributed by atoms with Crippen molar-refractivity contribution in [1.29, 1.82) is 0 Å². The van der Waals surface area contributed by atoms with E-state index in [2.05, 4.69) is 0 Å². The summed E-state index contributed by atoms with van der Waals surface area (Å²) in [5.41, 5.74) is 0.763. The minimum absolute atomic E-state index is 0.144. The lowest BCUT2D eigenvalue weighted by molar-refractivity contribution is -0.207. The number of carbonyl (C=O) groups is 1. The second-order valence-corrected chi connectivity index (χ2v) is 5.42. The Morgan fingerprint density at radius 2 is 1.96 bits per heavy atom. The zero-order chi connectivity index (χ0) is 17.4. The topological polar surface area (TPSA) is 62.5 Å². The van der Waals surface area contributed by atoms with E-state index >= 15 is 0 Å². The Bertz CT molecular complexity index is 740. The van der Waals surface area contributed by atoms with E-state index in [0.29, 0.717) is 5.56 Å². The molecule has 23 heavy (non-hydrogen) atoms. The van der Waals surface area contributed by atoms with Crippen LogP contribution < -0.4 is 0 Å². The van der Waals surface area contributed by atoms with Gasteiger partial charge in [-0.1, -0.05) is 29.8 Å². The summed E-state index contributed by atoms with van der Waals surface area (Å²) in [7, 11) is 0. The molecule has 1 aromatic carbocycles. The van der Waals surface area contributed by atoms with Gasteiger partial charge in [0.2, 0.25) is 0 Å². The van der Waals surface area contributed by atoms with Crippen LogP contribution in [0.5, 0.6) is 0 Å². The molecule has 0 aliphatic rings. The first-order valence-electron chi connectivity index (χ1n) is 6.55. The number of benzene rings is 1. The number of halogens is 4. The summed E-state index contributed by atoms with van der Waals surface area (Å²) in [6, 6.07) is 6.41. The van der Waals surface area contributed by atoms with E-state index in [4.69, 9.17) is 11.6 Å². The zero-order valence-electron chi connectivity index (χ0n) is 11.9. The number of hydrogen-bond donors (Lipinski definition) is 2. The summed E-state index contributed by atoms with van der Waals surface area (Å²) in [6.07, 6.45) is -6.35. The number of aliphatic hydroxyl groups excluding tert-OH is 1. The first-order valence-corrected chi connectivity index (χ1v) is 6.93. The summed E-state index contributed by atoms with van der Waals surface area (Å²) in [4.78, 5) is 11.3. The third kappa shape index (κ3) is 3.51. The molecule has 0 radical (unpaired) electrons. The van der Waals surface area contributed by atoms with E-state index in [1.165, 1.54) is 6.92 Å². The van der Waals surface area contributed by atoms with Crippen LogP contribution in [0.15, 0.2) is 30.5 Å². The molecule has 2 rings (SSSR count). The van der Waals surface area contributed by atoms with Gasteiger partial charge in [-0.15, -0.1) is 0 Å². The van der Waals surface area contributed by atoms with Crippen LogP contribution in [0.2, 0.25) is 5.02 Å². The molecular formula is C15H13ClF3NO3. The Morgan fingerprint density at radius 1 is 1.35 bits per heavy atom. The number of carboxylic acid groups (broad SMARTS) is 1. The lowest BCUT2D eigenvalue weighted by Crippen LogP contribution is -2.32. The summed E-state index contributed by atoms with van der Waals surface area (Å²) < 4.78 is 38.9. The molecule has 0 aliphatic heterocycles. The van der Waals surface area contributed by atoms with Gasteiger partial charge >= 0.3 is 12.1 Å². The van der Waals surface area contributed by atoms with Gasteiger partial charge < -0.3 is 14.8 Å². The van der Waals surface area contributed by atoms with Gasteiger partial charge in [0.15, 0.2) is 6.10 Å². The van der Waals surface area contributed by atoms with Crippen LogP contribution in [0.3, 0.4) is 0 Å². The van der Waals surface area contributed by atoms with Gasteiger partial charge in [0.1, 0.15) is 0 Å². The highest BCUT2D eigenvalue weighted by Crippen LogP contribution is 2.34. The molecule has 0 fully saturated rings. The maximum atomic E-state index is 12.6. The van der Waals surface area contributed by atoms with Gasteiger partial charge in [-0.3, -0.25) is 0 Å². The lowest BCUT2D eigenvalue weighted by Gasteiger charge is -2.18. The summed E-state index contributed by atoms with van der Waals surface area (Å²) in [6.45, 7) is 0.663. The van der Waals surface area contributed by atoms with Crippen LogP contribution in [-0.2, 0) is 6.54 Å². The Kier molecular flexibility index (Phi) is 4.72. The number of carboxylic acids is 1. The number of aromatic carboxylic acids is 1. The molecule has 0 spiro atoms. The number of rotatable bonds is 4. The van der Waals surface area contributed by atoms with Crippen LogP contribution >= 0.6 is 11.6 Å². The number of aliphatic hydroxyl groups is 1. The van der Waals surface area contributed by atoms with Crippen molar-refractivity contribution in [2.45, 2.75) is 25.7 Å². The molecule has 0 bridgehead atoms. The molecule has 124 valence electrons. The highest BCUT2D eigenvalue weighted by atomic mass is 35.5. The molecular weight excluding hydrogens is 335 g/mol. The van der Waals surface area contributed by atoms with E-state index in [9.17, 15) is 28.2 Å². The lowest BCUT2D eigenvalue weighted by atomic mass is 10.1. The van der Waals surface area contributed by atoms with Crippen molar-refractivity contribution >= 4 is 17.6 Å². The third-order valence-corrected chi connectivity index (χ3v) is 3.77. The maximum absolute atomic E-state index is 12.6. The number of alkyl halides is 3. The van der Waals surface area contributed by atoms with Crippen molar-refractivity contribution in [3.8, 4) is 11.3 Å². The SMILES string of the molecule is Cc1c(C(=O)O)cn(CC(O)C(F)(F)F)c1-c1ccccc1Cl. The third-order valence-electron chi connectivity index (χ3n) is 3.44. The van der Waals surface area contributed by atoms with Crippen LogP contribution in [0.4, 0.5) is 13.2 Å². The van der Waals surface area contributed by atoms with Gasteiger partial charge in [0.25, 0.3) is 0 Å². The van der Waals surface area contributed by atoms with Crippen LogP contribution in [0, 0.1) is 6.92 Å². The van der Waals surface area contributed by atoms with Crippen LogP contribution in [-0.4, -0.2) is 33.0 Å². The second-order valence-electron chi connectivity index (χ2n) is 5.01. The molecule has 0 saturated carbocycles. The number of nitrogens with zero attached hydrogens (tertiary/aromatic N) is 1. The van der Waals surface area contributed by atoms with Crippen molar-refractivity contribution in [2.75, 3.05) is 0 Å². The fourth-order valence-electron chi connectivity index (χ4n) is 2.32. The van der Waals surface area contributed by atoms with Gasteiger partial charge in [0, 0.05) is 16.8 Å². The predicted octanol–water partition coefficient (Wildman–Crippen LogP) is 3.74. The quantitative estimate of drug-likeness (QED) is 0.885. The maximum Gasteiger partial charge on any atom is 0.416 e.